The Hall–Kier alpha value is -0.233. The maximum atomic E-state index is 10.9. The summed E-state index contributed by atoms with van der Waals surface area (Å²) in [5.41, 5.74) is 0. The number of carbonyl (C=O) groups excluding carboxylic acids is 1. The van der Waals surface area contributed by atoms with Gasteiger partial charge in [0.25, 0.3) is 0 Å². The van der Waals surface area contributed by atoms with Gasteiger partial charge in [0.05, 0.1) is 24.9 Å². The van der Waals surface area contributed by atoms with E-state index in [1.165, 1.54) is 0 Å². The molecule has 0 aromatic heterocycles. The third-order valence-corrected chi connectivity index (χ3v) is 9.97. The van der Waals surface area contributed by atoms with Crippen LogP contribution in [0, 0.1) is 0 Å². The van der Waals surface area contributed by atoms with E-state index in [9.17, 15) is 4.79 Å². The van der Waals surface area contributed by atoms with Crippen molar-refractivity contribution in [2.24, 2.45) is 0 Å². The first-order chi connectivity index (χ1) is 10.2. The predicted molar refractivity (Wildman–Crippen MR) is 89.6 cm³/mol. The molecule has 128 valence electrons. The number of rotatable bonds is 4. The zero-order valence-corrected chi connectivity index (χ0v) is 15.8. The molecule has 0 amide bonds. The molecule has 4 nitrogen and oxygen atoms in total. The van der Waals surface area contributed by atoms with Gasteiger partial charge < -0.3 is 18.7 Å². The van der Waals surface area contributed by atoms with E-state index in [0.717, 1.165) is 38.4 Å². The highest BCUT2D eigenvalue weighted by molar-refractivity contribution is 6.74. The quantitative estimate of drug-likeness (QED) is 0.583. The fourth-order valence-corrected chi connectivity index (χ4v) is 3.94. The molecule has 2 heterocycles. The summed E-state index contributed by atoms with van der Waals surface area (Å²) in [5.74, 6) is 0. The molecule has 22 heavy (non-hydrogen) atoms. The van der Waals surface area contributed by atoms with Crippen molar-refractivity contribution in [2.75, 3.05) is 6.61 Å². The molecular formula is C17H32O4Si. The van der Waals surface area contributed by atoms with Gasteiger partial charge in [-0.15, -0.1) is 0 Å². The summed E-state index contributed by atoms with van der Waals surface area (Å²) in [5, 5.41) is 0.228. The van der Waals surface area contributed by atoms with Gasteiger partial charge in [-0.3, -0.25) is 0 Å². The van der Waals surface area contributed by atoms with Crippen LogP contribution in [0.1, 0.15) is 52.9 Å². The van der Waals surface area contributed by atoms with E-state index in [-0.39, 0.29) is 29.5 Å². The number of carbonyl (C=O) groups is 1. The van der Waals surface area contributed by atoms with Gasteiger partial charge in [0.15, 0.2) is 8.32 Å². The lowest BCUT2D eigenvalue weighted by Gasteiger charge is -2.38. The summed E-state index contributed by atoms with van der Waals surface area (Å²) >= 11 is 0. The SMILES string of the molecule is CC(C)(C)[Si](C)(C)OC[C@@H]1CCC[C@H]2O[C@H](C=O)CC[C@@H]2O1. The molecule has 4 atom stereocenters. The standard InChI is InChI=1S/C17H32O4Si/c1-17(2,3)22(4,5)19-12-14-7-6-8-15-16(21-14)10-9-13(11-18)20-15/h11,13-16H,6-10,12H2,1-5H3/t13-,14-,15+,16-/m0/s1. The van der Waals surface area contributed by atoms with E-state index in [1.807, 2.05) is 0 Å². The third-order valence-electron chi connectivity index (χ3n) is 5.47. The fraction of sp³-hybridized carbons (Fsp3) is 0.941. The first-order valence-electron chi connectivity index (χ1n) is 8.63. The van der Waals surface area contributed by atoms with Crippen LogP contribution in [0.2, 0.25) is 18.1 Å². The van der Waals surface area contributed by atoms with Crippen molar-refractivity contribution < 1.29 is 18.7 Å². The molecule has 0 radical (unpaired) electrons. The number of fused-ring (bicyclic) bond motifs is 1. The zero-order valence-electron chi connectivity index (χ0n) is 14.8. The van der Waals surface area contributed by atoms with Gasteiger partial charge in [0.2, 0.25) is 0 Å². The molecule has 0 saturated carbocycles. The van der Waals surface area contributed by atoms with Crippen molar-refractivity contribution in [3.8, 4) is 0 Å². The Morgan fingerprint density at radius 2 is 1.77 bits per heavy atom. The zero-order chi connectivity index (χ0) is 16.4. The minimum atomic E-state index is -1.72. The Bertz CT molecular complexity index is 377. The average molecular weight is 329 g/mol. The second-order valence-electron chi connectivity index (χ2n) is 8.23. The van der Waals surface area contributed by atoms with Crippen LogP contribution in [0.5, 0.6) is 0 Å². The van der Waals surface area contributed by atoms with Crippen LogP contribution < -0.4 is 0 Å². The highest BCUT2D eigenvalue weighted by atomic mass is 28.4. The smallest absolute Gasteiger partial charge is 0.192 e. The summed E-state index contributed by atoms with van der Waals surface area (Å²) in [6, 6.07) is 0. The molecule has 0 aromatic carbocycles. The van der Waals surface area contributed by atoms with Crippen LogP contribution in [0.3, 0.4) is 0 Å². The molecule has 0 unspecified atom stereocenters. The van der Waals surface area contributed by atoms with Crippen LogP contribution in [-0.4, -0.2) is 45.6 Å². The Balaban J connectivity index is 1.88. The lowest BCUT2D eigenvalue weighted by atomic mass is 9.98. The number of hydrogen-bond acceptors (Lipinski definition) is 4. The highest BCUT2D eigenvalue weighted by Crippen LogP contribution is 2.37. The van der Waals surface area contributed by atoms with E-state index in [0.29, 0.717) is 6.61 Å². The molecule has 0 bridgehead atoms. The number of hydrogen-bond donors (Lipinski definition) is 0. The van der Waals surface area contributed by atoms with Crippen LogP contribution in [0.4, 0.5) is 0 Å². The van der Waals surface area contributed by atoms with Gasteiger partial charge >= 0.3 is 0 Å². The van der Waals surface area contributed by atoms with Crippen molar-refractivity contribution in [2.45, 2.75) is 95.4 Å². The minimum absolute atomic E-state index is 0.0850. The molecule has 2 aliphatic rings. The Labute approximate surface area is 136 Å². The monoisotopic (exact) mass is 328 g/mol. The lowest BCUT2D eigenvalue weighted by molar-refractivity contribution is -0.158. The summed E-state index contributed by atoms with van der Waals surface area (Å²) in [7, 11) is -1.72. The van der Waals surface area contributed by atoms with Crippen molar-refractivity contribution in [3.63, 3.8) is 0 Å². The Morgan fingerprint density at radius 1 is 1.09 bits per heavy atom. The van der Waals surface area contributed by atoms with Gasteiger partial charge in [0.1, 0.15) is 12.4 Å². The summed E-state index contributed by atoms with van der Waals surface area (Å²) in [6.07, 6.45) is 5.88. The van der Waals surface area contributed by atoms with E-state index in [1.54, 1.807) is 0 Å². The number of aldehydes is 1. The topological polar surface area (TPSA) is 44.8 Å². The molecule has 5 heteroatoms. The van der Waals surface area contributed by atoms with Crippen LogP contribution >= 0.6 is 0 Å². The van der Waals surface area contributed by atoms with Gasteiger partial charge in [-0.1, -0.05) is 20.8 Å². The Kier molecular flexibility index (Phi) is 5.86. The van der Waals surface area contributed by atoms with Crippen molar-refractivity contribution in [1.29, 1.82) is 0 Å². The van der Waals surface area contributed by atoms with E-state index in [4.69, 9.17) is 13.9 Å². The van der Waals surface area contributed by atoms with Crippen LogP contribution in [-0.2, 0) is 18.7 Å². The maximum Gasteiger partial charge on any atom is 0.192 e. The lowest BCUT2D eigenvalue weighted by Crippen LogP contribution is -2.44. The third kappa shape index (κ3) is 4.40. The van der Waals surface area contributed by atoms with Crippen LogP contribution in [0.25, 0.3) is 0 Å². The van der Waals surface area contributed by atoms with Gasteiger partial charge in [-0.05, 0) is 50.2 Å². The largest absolute Gasteiger partial charge is 0.414 e. The van der Waals surface area contributed by atoms with Gasteiger partial charge in [0, 0.05) is 0 Å². The molecule has 2 rings (SSSR count). The first-order valence-corrected chi connectivity index (χ1v) is 11.5. The second-order valence-corrected chi connectivity index (χ2v) is 13.0. The first kappa shape index (κ1) is 18.1. The molecule has 2 aliphatic heterocycles. The van der Waals surface area contributed by atoms with Crippen LogP contribution in [0.15, 0.2) is 0 Å². The average Bonchev–Trinajstić information content (AvgIpc) is 2.64. The van der Waals surface area contributed by atoms with Crippen molar-refractivity contribution in [1.82, 2.24) is 0 Å². The normalized spacial score (nSPS) is 33.9. The second kappa shape index (κ2) is 7.12. The Morgan fingerprint density at radius 3 is 2.41 bits per heavy atom. The number of ether oxygens (including phenoxy) is 2. The van der Waals surface area contributed by atoms with Gasteiger partial charge in [-0.2, -0.15) is 0 Å². The van der Waals surface area contributed by atoms with Crippen molar-refractivity contribution in [3.05, 3.63) is 0 Å². The minimum Gasteiger partial charge on any atom is -0.414 e. The fourth-order valence-electron chi connectivity index (χ4n) is 2.91. The molecule has 2 saturated heterocycles. The molecule has 0 aliphatic carbocycles. The molecule has 0 N–H and O–H groups in total. The maximum absolute atomic E-state index is 10.9. The van der Waals surface area contributed by atoms with Crippen molar-refractivity contribution >= 4 is 14.6 Å². The van der Waals surface area contributed by atoms with E-state index >= 15 is 0 Å². The summed E-state index contributed by atoms with van der Waals surface area (Å²) in [4.78, 5) is 10.9. The van der Waals surface area contributed by atoms with Gasteiger partial charge in [-0.25, -0.2) is 0 Å². The predicted octanol–water partition coefficient (Wildman–Crippen LogP) is 3.69. The molecule has 0 aromatic rings. The summed E-state index contributed by atoms with van der Waals surface area (Å²) < 4.78 is 18.4. The molecule has 2 fully saturated rings. The van der Waals surface area contributed by atoms with E-state index < -0.39 is 8.32 Å². The molecule has 0 spiro atoms. The molecular weight excluding hydrogens is 296 g/mol. The van der Waals surface area contributed by atoms with E-state index in [2.05, 4.69) is 33.9 Å². The summed E-state index contributed by atoms with van der Waals surface area (Å²) in [6.45, 7) is 12.0. The highest BCUT2D eigenvalue weighted by Gasteiger charge is 2.39.